The Morgan fingerprint density at radius 3 is 2.79 bits per heavy atom. The van der Waals surface area contributed by atoms with Crippen LogP contribution in [0.1, 0.15) is 33.9 Å². The molecule has 0 saturated heterocycles. The molecule has 0 radical (unpaired) electrons. The lowest BCUT2D eigenvalue weighted by atomic mass is 10.2. The second-order valence-electron chi connectivity index (χ2n) is 6.56. The maximum atomic E-state index is 12.7. The number of anilines is 1. The summed E-state index contributed by atoms with van der Waals surface area (Å²) in [6.07, 6.45) is 0. The van der Waals surface area contributed by atoms with Gasteiger partial charge in [0.15, 0.2) is 0 Å². The number of hydrogen-bond acceptors (Lipinski definition) is 5. The quantitative estimate of drug-likeness (QED) is 0.609. The molecule has 1 aliphatic heterocycles. The summed E-state index contributed by atoms with van der Waals surface area (Å²) in [4.78, 5) is 29.0. The van der Waals surface area contributed by atoms with E-state index < -0.39 is 15.9 Å². The van der Waals surface area contributed by atoms with E-state index in [1.807, 2.05) is 6.92 Å². The molecule has 1 atom stereocenters. The first-order valence-corrected chi connectivity index (χ1v) is 10.0. The number of nitrogens with zero attached hydrogens (tertiary/aromatic N) is 2. The van der Waals surface area contributed by atoms with Crippen molar-refractivity contribution in [3.8, 4) is 0 Å². The molecular weight excluding hydrogens is 382 g/mol. The van der Waals surface area contributed by atoms with Gasteiger partial charge in [0.1, 0.15) is 21.9 Å². The zero-order valence-corrected chi connectivity index (χ0v) is 15.7. The minimum atomic E-state index is -4.00. The molecule has 2 amide bonds. The molecule has 0 aliphatic carbocycles. The number of para-hydroxylation sites is 1. The van der Waals surface area contributed by atoms with Gasteiger partial charge < -0.3 is 15.2 Å². The molecule has 3 aromatic rings. The number of pyridine rings is 1. The van der Waals surface area contributed by atoms with Crippen molar-refractivity contribution in [2.45, 2.75) is 17.9 Å². The fourth-order valence-corrected chi connectivity index (χ4v) is 3.96. The minimum absolute atomic E-state index is 0.0147. The van der Waals surface area contributed by atoms with E-state index in [9.17, 15) is 18.0 Å². The number of hydrogen-bond donors (Lipinski definition) is 3. The second kappa shape index (κ2) is 6.43. The highest BCUT2D eigenvalue weighted by Crippen LogP contribution is 2.26. The molecule has 10 heteroatoms. The van der Waals surface area contributed by atoms with Crippen LogP contribution >= 0.6 is 0 Å². The smallest absolute Gasteiger partial charge is 0.274 e. The number of aromatic nitrogens is 2. The lowest BCUT2D eigenvalue weighted by molar-refractivity contribution is 0.0918. The summed E-state index contributed by atoms with van der Waals surface area (Å²) in [5.41, 5.74) is 1.17. The Balaban J connectivity index is 1.74. The van der Waals surface area contributed by atoms with E-state index in [1.54, 1.807) is 22.8 Å². The first-order chi connectivity index (χ1) is 13.3. The molecule has 0 spiro atoms. The highest BCUT2D eigenvalue weighted by molar-refractivity contribution is 7.89. The number of nitrogens with one attached hydrogen (secondary N) is 2. The van der Waals surface area contributed by atoms with Gasteiger partial charge >= 0.3 is 0 Å². The number of benzene rings is 1. The summed E-state index contributed by atoms with van der Waals surface area (Å²) in [6.45, 7) is 2.41. The highest BCUT2D eigenvalue weighted by Gasteiger charge is 2.26. The predicted octanol–water partition coefficient (Wildman–Crippen LogP) is 1.24. The molecule has 1 aromatic carbocycles. The Labute approximate surface area is 160 Å². The summed E-state index contributed by atoms with van der Waals surface area (Å²) in [7, 11) is -4.00. The average Bonchev–Trinajstić information content (AvgIpc) is 3.04. The van der Waals surface area contributed by atoms with Gasteiger partial charge in [0.2, 0.25) is 10.0 Å². The van der Waals surface area contributed by atoms with Crippen molar-refractivity contribution in [3.05, 3.63) is 53.9 Å². The van der Waals surface area contributed by atoms with Crippen molar-refractivity contribution in [1.82, 2.24) is 14.9 Å². The van der Waals surface area contributed by atoms with Crippen molar-refractivity contribution in [2.75, 3.05) is 11.9 Å². The van der Waals surface area contributed by atoms with Crippen LogP contribution in [0.3, 0.4) is 0 Å². The Kier molecular flexibility index (Phi) is 4.16. The molecule has 2 aromatic heterocycles. The van der Waals surface area contributed by atoms with Crippen LogP contribution in [0.5, 0.6) is 0 Å². The third-order valence-electron chi connectivity index (χ3n) is 4.59. The summed E-state index contributed by atoms with van der Waals surface area (Å²) >= 11 is 0. The number of primary sulfonamides is 1. The summed E-state index contributed by atoms with van der Waals surface area (Å²) in [6, 6.07) is 10.8. The molecule has 0 unspecified atom stereocenters. The Bertz CT molecular complexity index is 1230. The average molecular weight is 399 g/mol. The number of carbonyl (C=O) groups excluding carboxylic acids is 2. The summed E-state index contributed by atoms with van der Waals surface area (Å²) in [5, 5.41) is 11.3. The monoisotopic (exact) mass is 399 g/mol. The Morgan fingerprint density at radius 1 is 1.29 bits per heavy atom. The van der Waals surface area contributed by atoms with Crippen LogP contribution in [0.15, 0.2) is 47.4 Å². The molecule has 4 rings (SSSR count). The molecular formula is C18H17N5O4S. The Morgan fingerprint density at radius 2 is 2.04 bits per heavy atom. The van der Waals surface area contributed by atoms with Gasteiger partial charge in [0.05, 0.1) is 11.7 Å². The molecule has 0 saturated carbocycles. The van der Waals surface area contributed by atoms with Crippen molar-refractivity contribution >= 4 is 38.6 Å². The molecule has 9 nitrogen and oxygen atoms in total. The number of nitrogens with two attached hydrogens (primary N) is 1. The van der Waals surface area contributed by atoms with Gasteiger partial charge in [0.25, 0.3) is 11.8 Å². The molecule has 1 aliphatic rings. The van der Waals surface area contributed by atoms with Crippen molar-refractivity contribution in [3.63, 3.8) is 0 Å². The topological polar surface area (TPSA) is 136 Å². The molecule has 28 heavy (non-hydrogen) atoms. The zero-order valence-electron chi connectivity index (χ0n) is 14.8. The van der Waals surface area contributed by atoms with Crippen LogP contribution in [0.4, 0.5) is 5.69 Å². The number of fused-ring (bicyclic) bond motifs is 3. The maximum Gasteiger partial charge on any atom is 0.274 e. The molecule has 3 heterocycles. The lowest BCUT2D eigenvalue weighted by Gasteiger charge is -2.23. The fourth-order valence-electron chi connectivity index (χ4n) is 3.27. The van der Waals surface area contributed by atoms with Crippen molar-refractivity contribution in [2.24, 2.45) is 5.14 Å². The standard InChI is InChI=1S/C18H17N5O4S/c1-10-9-20-18(25)14-8-11-6-7-13(21-16(11)23(10)14)17(24)22-12-4-2-3-5-15(12)28(19,26)27/h2-8,10H,9H2,1H3,(H,20,25)(H,22,24)(H2,19,26,27)/t10-/m1/s1. The number of rotatable bonds is 3. The first-order valence-electron chi connectivity index (χ1n) is 8.49. The van der Waals surface area contributed by atoms with E-state index >= 15 is 0 Å². The third-order valence-corrected chi connectivity index (χ3v) is 5.56. The molecule has 0 bridgehead atoms. The largest absolute Gasteiger partial charge is 0.349 e. The van der Waals surface area contributed by atoms with Gasteiger partial charge in [-0.3, -0.25) is 9.59 Å². The van der Waals surface area contributed by atoms with Crippen LogP contribution in [-0.4, -0.2) is 36.3 Å². The van der Waals surface area contributed by atoms with E-state index in [0.717, 1.165) is 5.39 Å². The van der Waals surface area contributed by atoms with Crippen LogP contribution in [-0.2, 0) is 10.0 Å². The summed E-state index contributed by atoms with van der Waals surface area (Å²) < 4.78 is 25.2. The fraction of sp³-hybridized carbons (Fsp3) is 0.167. The number of amides is 2. The van der Waals surface area contributed by atoms with E-state index in [1.165, 1.54) is 24.3 Å². The van der Waals surface area contributed by atoms with Crippen LogP contribution < -0.4 is 15.8 Å². The zero-order chi connectivity index (χ0) is 20.1. The SMILES string of the molecule is C[C@@H]1CNC(=O)c2cc3ccc(C(=O)Nc4ccccc4S(N)(=O)=O)nc3n21. The molecule has 144 valence electrons. The molecule has 4 N–H and O–H groups in total. The number of sulfonamides is 1. The van der Waals surface area contributed by atoms with Crippen LogP contribution in [0, 0.1) is 0 Å². The van der Waals surface area contributed by atoms with Gasteiger partial charge in [-0.1, -0.05) is 12.1 Å². The first kappa shape index (κ1) is 18.1. The van der Waals surface area contributed by atoms with E-state index in [4.69, 9.17) is 5.14 Å². The maximum absolute atomic E-state index is 12.7. The highest BCUT2D eigenvalue weighted by atomic mass is 32.2. The second-order valence-corrected chi connectivity index (χ2v) is 8.09. The Hall–Kier alpha value is -3.24. The van der Waals surface area contributed by atoms with E-state index in [2.05, 4.69) is 15.6 Å². The van der Waals surface area contributed by atoms with Gasteiger partial charge in [-0.15, -0.1) is 0 Å². The van der Waals surface area contributed by atoms with Crippen molar-refractivity contribution in [1.29, 1.82) is 0 Å². The normalized spacial score (nSPS) is 16.5. The predicted molar refractivity (Wildman–Crippen MR) is 103 cm³/mol. The third kappa shape index (κ3) is 3.02. The van der Waals surface area contributed by atoms with Crippen LogP contribution in [0.25, 0.3) is 11.0 Å². The van der Waals surface area contributed by atoms with Gasteiger partial charge in [-0.2, -0.15) is 0 Å². The van der Waals surface area contributed by atoms with E-state index in [-0.39, 0.29) is 28.2 Å². The van der Waals surface area contributed by atoms with Crippen molar-refractivity contribution < 1.29 is 18.0 Å². The van der Waals surface area contributed by atoms with Crippen LogP contribution in [0.2, 0.25) is 0 Å². The van der Waals surface area contributed by atoms with Gasteiger partial charge in [0, 0.05) is 11.9 Å². The lowest BCUT2D eigenvalue weighted by Crippen LogP contribution is -2.37. The van der Waals surface area contributed by atoms with Gasteiger partial charge in [-0.05, 0) is 37.3 Å². The van der Waals surface area contributed by atoms with E-state index in [0.29, 0.717) is 17.9 Å². The minimum Gasteiger partial charge on any atom is -0.349 e. The summed E-state index contributed by atoms with van der Waals surface area (Å²) in [5.74, 6) is -0.773. The molecule has 0 fully saturated rings. The van der Waals surface area contributed by atoms with Gasteiger partial charge in [-0.25, -0.2) is 18.5 Å². The number of carbonyl (C=O) groups is 2.